The zero-order valence-corrected chi connectivity index (χ0v) is 86.1. The van der Waals surface area contributed by atoms with E-state index in [4.69, 9.17) is 89.5 Å². The van der Waals surface area contributed by atoms with E-state index >= 15 is 0 Å². The number of hydrogen-bond acceptors (Lipinski definition) is 10. The van der Waals surface area contributed by atoms with Crippen LogP contribution in [0.2, 0.25) is 30.7 Å². The number of nitrogens with zero attached hydrogens (tertiary/aromatic N) is 10. The van der Waals surface area contributed by atoms with Crippen molar-refractivity contribution < 1.29 is 119 Å². The average molecular weight is 2720 g/mol. The Kier molecular flexibility index (Phi) is 36.7. The fourth-order valence-electron chi connectivity index (χ4n) is 14.4. The molecule has 0 saturated heterocycles. The van der Waals surface area contributed by atoms with Crippen LogP contribution in [0, 0.1) is 95.1 Å². The van der Waals surface area contributed by atoms with Gasteiger partial charge in [0.05, 0.1) is 5.41 Å². The minimum absolute atomic E-state index is 0. The van der Waals surface area contributed by atoms with Crippen molar-refractivity contribution in [1.82, 2.24) is 49.8 Å². The second-order valence-corrected chi connectivity index (χ2v) is 35.0. The van der Waals surface area contributed by atoms with Gasteiger partial charge in [-0.25, -0.2) is 0 Å². The van der Waals surface area contributed by atoms with Gasteiger partial charge in [0.25, 0.3) is 0 Å². The zero-order valence-electron chi connectivity index (χ0n) is 69.3. The summed E-state index contributed by atoms with van der Waals surface area (Å²) in [5.41, 5.74) is 9.78. The Balaban J connectivity index is 0.000000180. The van der Waals surface area contributed by atoms with Gasteiger partial charge in [-0.3, -0.25) is 35.1 Å². The SMILES string of the molecule is CC(C)(c1cccc(-c2[c-]cc(Br)cc2F)n1)c1cccc(-c2[c-]cc(Br)cc2F)n1.CC(C)(c1cccc(-c2[c-]cc(Cl)cc2F)n1)c1cccc(-c2[c-]cc(Cl)cc2F)n1.CC(C)(c1cccc(-c2[c-]cc(F)cc2F)n1)c1cccc(-c2[c-]cc(F)cc2F)n1.Clc1c[c-]c(-c2cccc(C3(c4cccc(-c5[c-]cc(Cl)nc5Cl)n4)CCCCC3)n2)c(Cl)n1.[Pt+2].[Pt+2].[Pt+2].[Pt+2]. The van der Waals surface area contributed by atoms with E-state index in [2.05, 4.69) is 122 Å². The van der Waals surface area contributed by atoms with Gasteiger partial charge >= 0.3 is 84.3 Å². The van der Waals surface area contributed by atoms with Crippen LogP contribution in [-0.4, -0.2) is 49.8 Å². The van der Waals surface area contributed by atoms with E-state index in [0.29, 0.717) is 121 Å². The summed E-state index contributed by atoms with van der Waals surface area (Å²) < 4.78 is 114. The molecule has 10 heterocycles. The first-order valence-corrected chi connectivity index (χ1v) is 43.1. The number of hydrogen-bond donors (Lipinski definition) is 0. The van der Waals surface area contributed by atoms with Crippen molar-refractivity contribution in [2.75, 3.05) is 0 Å². The minimum atomic E-state index is -0.759. The van der Waals surface area contributed by atoms with Gasteiger partial charge < -0.3 is 49.8 Å². The summed E-state index contributed by atoms with van der Waals surface area (Å²) in [5.74, 6) is -4.76. The molecule has 10 nitrogen and oxygen atoms in total. The summed E-state index contributed by atoms with van der Waals surface area (Å²) in [6.07, 6.45) is 5.23. The average Bonchev–Trinajstić information content (AvgIpc) is 0.750. The monoisotopic (exact) mass is 2720 g/mol. The Bertz CT molecular complexity index is 5950. The summed E-state index contributed by atoms with van der Waals surface area (Å²) in [4.78, 5) is 46.2. The predicted molar refractivity (Wildman–Crippen MR) is 489 cm³/mol. The van der Waals surface area contributed by atoms with Crippen molar-refractivity contribution in [2.45, 2.75) is 95.3 Å². The molecule has 672 valence electrons. The van der Waals surface area contributed by atoms with Gasteiger partial charge in [-0.15, -0.1) is 199 Å². The maximum atomic E-state index is 14.4. The molecule has 1 saturated carbocycles. The maximum absolute atomic E-state index is 14.4. The first-order valence-electron chi connectivity index (χ1n) is 39.2. The van der Waals surface area contributed by atoms with Crippen molar-refractivity contribution in [3.8, 4) is 90.1 Å². The molecule has 0 amide bonds. The van der Waals surface area contributed by atoms with Crippen LogP contribution in [0.15, 0.2) is 239 Å². The van der Waals surface area contributed by atoms with E-state index in [-0.39, 0.29) is 132 Å². The smallest absolute Gasteiger partial charge is 0.321 e. The first kappa shape index (κ1) is 105. The predicted octanol–water partition coefficient (Wildman–Crippen LogP) is 29.2. The Morgan fingerprint density at radius 1 is 0.275 bits per heavy atom. The molecule has 0 N–H and O–H groups in total. The van der Waals surface area contributed by atoms with Crippen molar-refractivity contribution in [2.24, 2.45) is 0 Å². The number of halogens is 16. The van der Waals surface area contributed by atoms with Crippen LogP contribution in [0.25, 0.3) is 90.1 Å². The van der Waals surface area contributed by atoms with Crippen LogP contribution in [0.1, 0.15) is 119 Å². The summed E-state index contributed by atoms with van der Waals surface area (Å²) in [6.45, 7) is 11.6. The van der Waals surface area contributed by atoms with Gasteiger partial charge in [-0.1, -0.05) is 206 Å². The molecule has 10 aromatic heterocycles. The second kappa shape index (κ2) is 45.8. The molecule has 0 unspecified atom stereocenters. The second-order valence-electron chi connectivity index (χ2n) is 30.8. The van der Waals surface area contributed by atoms with E-state index in [1.807, 2.05) is 102 Å². The number of rotatable bonds is 16. The molecule has 0 bridgehead atoms. The molecule has 131 heavy (non-hydrogen) atoms. The van der Waals surface area contributed by atoms with Gasteiger partial charge in [0.1, 0.15) is 0 Å². The molecule has 0 aliphatic heterocycles. The number of pyridine rings is 10. The molecular weight excluding hydrogens is 2660 g/mol. The maximum Gasteiger partial charge on any atom is 2.00 e. The number of benzene rings is 6. The van der Waals surface area contributed by atoms with E-state index in [1.54, 1.807) is 97.1 Å². The van der Waals surface area contributed by atoms with Crippen LogP contribution in [-0.2, 0) is 106 Å². The molecule has 16 aromatic rings. The van der Waals surface area contributed by atoms with E-state index < -0.39 is 62.8 Å². The Morgan fingerprint density at radius 3 is 0.771 bits per heavy atom. The standard InChI is InChI=1S/C26H18Cl4N4.C25H16Br2F2N2.C25H16Cl2F2N2.C25H16F4N2.4Pt/c27-22-12-10-16(24(29)33-22)18-6-4-8-20(31-18)26(14-2-1-3-15-26)21-9-5-7-19(32-21)17-11-13-23(28)34-25(17)30;3*1-25(2,23-7-3-5-21(30-23)17-11-9-15(26)13-19(17)28)24-8-4-6-22(31-24)18-12-10-16(27)14-20(18)29;;;;/h4-9,12-13H,1-3,14-15H2;3*3-10,13-14H,1-2H3;;;;/q4*-2;4*+2. The minimum Gasteiger partial charge on any atom is -0.321 e. The molecule has 1 aliphatic rings. The van der Waals surface area contributed by atoms with E-state index in [1.165, 1.54) is 42.8 Å². The Morgan fingerprint density at radius 2 is 0.511 bits per heavy atom. The summed E-state index contributed by atoms with van der Waals surface area (Å²) >= 11 is 42.8. The van der Waals surface area contributed by atoms with E-state index in [0.717, 1.165) is 61.3 Å². The van der Waals surface area contributed by atoms with Crippen LogP contribution >= 0.6 is 101 Å². The van der Waals surface area contributed by atoms with Crippen LogP contribution < -0.4 is 0 Å². The summed E-state index contributed by atoms with van der Waals surface area (Å²) in [5, 5.41) is 1.67. The van der Waals surface area contributed by atoms with E-state index in [9.17, 15) is 35.1 Å². The van der Waals surface area contributed by atoms with Crippen LogP contribution in [0.4, 0.5) is 35.1 Å². The normalized spacial score (nSPS) is 12.2. The van der Waals surface area contributed by atoms with Crippen LogP contribution in [0.5, 0.6) is 0 Å². The summed E-state index contributed by atoms with van der Waals surface area (Å²) in [6, 6.07) is 85.1. The van der Waals surface area contributed by atoms with Gasteiger partial charge in [-0.05, 0) is 159 Å². The quantitative estimate of drug-likeness (QED) is 0.0524. The molecule has 1 aliphatic carbocycles. The molecular formula is C101H66Br2Cl6F8N10Pt4. The number of aromatic nitrogens is 10. The Labute approximate surface area is 857 Å². The molecule has 0 radical (unpaired) electrons. The molecule has 17 rings (SSSR count). The van der Waals surface area contributed by atoms with Crippen molar-refractivity contribution >= 4 is 101 Å². The molecule has 6 aromatic carbocycles. The molecule has 30 heteroatoms. The van der Waals surface area contributed by atoms with Crippen LogP contribution in [0.3, 0.4) is 0 Å². The third-order valence-corrected chi connectivity index (χ3v) is 23.5. The topological polar surface area (TPSA) is 129 Å². The van der Waals surface area contributed by atoms with Crippen molar-refractivity contribution in [3.63, 3.8) is 0 Å². The Hall–Kier alpha value is -8.29. The van der Waals surface area contributed by atoms with Gasteiger partial charge in [-0.2, -0.15) is 0 Å². The van der Waals surface area contributed by atoms with Gasteiger partial charge in [0, 0.05) is 129 Å². The third kappa shape index (κ3) is 24.7. The zero-order chi connectivity index (χ0) is 90.2. The van der Waals surface area contributed by atoms with Gasteiger partial charge in [0.15, 0.2) is 0 Å². The van der Waals surface area contributed by atoms with Crippen molar-refractivity contribution in [3.05, 3.63) is 411 Å². The van der Waals surface area contributed by atoms with Crippen molar-refractivity contribution in [1.29, 1.82) is 0 Å². The largest absolute Gasteiger partial charge is 2.00 e. The third-order valence-electron chi connectivity index (χ3n) is 21.2. The fraction of sp³-hybridized carbons (Fsp3) is 0.149. The molecule has 0 atom stereocenters. The van der Waals surface area contributed by atoms with Gasteiger partial charge in [0.2, 0.25) is 0 Å². The fourth-order valence-corrected chi connectivity index (χ4v) is 16.1. The first-order chi connectivity index (χ1) is 60.7. The molecule has 0 spiro atoms. The summed E-state index contributed by atoms with van der Waals surface area (Å²) in [7, 11) is 0. The molecule has 1 fully saturated rings.